The molecule has 1 fully saturated rings. The lowest BCUT2D eigenvalue weighted by molar-refractivity contribution is 0.233. The van der Waals surface area contributed by atoms with E-state index in [1.165, 1.54) is 24.3 Å². The zero-order valence-electron chi connectivity index (χ0n) is 9.08. The first-order valence-electron chi connectivity index (χ1n) is 5.31. The van der Waals surface area contributed by atoms with Gasteiger partial charge in [-0.05, 0) is 18.6 Å². The molecule has 14 heavy (non-hydrogen) atoms. The average Bonchev–Trinajstić information content (AvgIpc) is 2.52. The summed E-state index contributed by atoms with van der Waals surface area (Å²) in [4.78, 5) is 2.51. The lowest BCUT2D eigenvalue weighted by Gasteiger charge is -2.27. The fourth-order valence-corrected chi connectivity index (χ4v) is 1.94. The summed E-state index contributed by atoms with van der Waals surface area (Å²) in [5.74, 6) is 0. The normalized spacial score (nSPS) is 18.7. The number of hydrogen-bond donors (Lipinski definition) is 1. The van der Waals surface area contributed by atoms with Gasteiger partial charge in [-0.15, -0.1) is 0 Å². The highest BCUT2D eigenvalue weighted by molar-refractivity contribution is 5.20. The molecule has 0 atom stereocenters. The number of nitrogens with zero attached hydrogens (tertiary/aromatic N) is 2. The third kappa shape index (κ3) is 1.99. The van der Waals surface area contributed by atoms with Crippen molar-refractivity contribution in [2.24, 2.45) is 7.05 Å². The molecule has 0 saturated carbocycles. The van der Waals surface area contributed by atoms with E-state index in [2.05, 4.69) is 41.0 Å². The SMILES string of the molecule is Cc1c(CN2CCNCC2)ccn1C. The Morgan fingerprint density at radius 2 is 2.07 bits per heavy atom. The monoisotopic (exact) mass is 193 g/mol. The third-order valence-electron chi connectivity index (χ3n) is 3.10. The standard InChI is InChI=1S/C11H19N3/c1-10-11(3-6-13(10)2)9-14-7-4-12-5-8-14/h3,6,12H,4-5,7-9H2,1-2H3. The van der Waals surface area contributed by atoms with Gasteiger partial charge in [0.05, 0.1) is 0 Å². The van der Waals surface area contributed by atoms with E-state index in [0.717, 1.165) is 19.6 Å². The highest BCUT2D eigenvalue weighted by atomic mass is 15.2. The quantitative estimate of drug-likeness (QED) is 0.747. The third-order valence-corrected chi connectivity index (χ3v) is 3.10. The van der Waals surface area contributed by atoms with Crippen molar-refractivity contribution in [2.45, 2.75) is 13.5 Å². The number of aromatic nitrogens is 1. The average molecular weight is 193 g/mol. The van der Waals surface area contributed by atoms with Gasteiger partial charge in [0.1, 0.15) is 0 Å². The van der Waals surface area contributed by atoms with Gasteiger partial charge in [0.15, 0.2) is 0 Å². The highest BCUT2D eigenvalue weighted by Crippen LogP contribution is 2.11. The van der Waals surface area contributed by atoms with Crippen molar-refractivity contribution in [2.75, 3.05) is 26.2 Å². The number of hydrogen-bond acceptors (Lipinski definition) is 2. The van der Waals surface area contributed by atoms with Crippen LogP contribution in [0.3, 0.4) is 0 Å². The first-order valence-corrected chi connectivity index (χ1v) is 5.31. The fourth-order valence-electron chi connectivity index (χ4n) is 1.94. The number of nitrogens with one attached hydrogen (secondary N) is 1. The molecule has 1 aliphatic rings. The Morgan fingerprint density at radius 3 is 2.64 bits per heavy atom. The van der Waals surface area contributed by atoms with Crippen molar-refractivity contribution >= 4 is 0 Å². The highest BCUT2D eigenvalue weighted by Gasteiger charge is 2.11. The molecule has 2 heterocycles. The van der Waals surface area contributed by atoms with Crippen LogP contribution in [0, 0.1) is 6.92 Å². The summed E-state index contributed by atoms with van der Waals surface area (Å²) in [6, 6.07) is 2.23. The zero-order chi connectivity index (χ0) is 9.97. The van der Waals surface area contributed by atoms with Gasteiger partial charge in [-0.1, -0.05) is 0 Å². The molecule has 0 aromatic carbocycles. The van der Waals surface area contributed by atoms with E-state index in [0.29, 0.717) is 0 Å². The van der Waals surface area contributed by atoms with Crippen molar-refractivity contribution in [3.63, 3.8) is 0 Å². The van der Waals surface area contributed by atoms with Crippen molar-refractivity contribution < 1.29 is 0 Å². The molecule has 1 aliphatic heterocycles. The molecular formula is C11H19N3. The van der Waals surface area contributed by atoms with Crippen LogP contribution >= 0.6 is 0 Å². The van der Waals surface area contributed by atoms with Gasteiger partial charge in [0, 0.05) is 51.7 Å². The van der Waals surface area contributed by atoms with Crippen LogP contribution in [0.4, 0.5) is 0 Å². The van der Waals surface area contributed by atoms with Gasteiger partial charge < -0.3 is 9.88 Å². The number of aryl methyl sites for hydroxylation is 1. The summed E-state index contributed by atoms with van der Waals surface area (Å²) in [6.07, 6.45) is 2.15. The van der Waals surface area contributed by atoms with Gasteiger partial charge in [0.2, 0.25) is 0 Å². The summed E-state index contributed by atoms with van der Waals surface area (Å²) in [6.45, 7) is 7.91. The maximum Gasteiger partial charge on any atom is 0.0252 e. The molecule has 0 spiro atoms. The second-order valence-corrected chi connectivity index (χ2v) is 4.06. The Bertz CT molecular complexity index is 297. The van der Waals surface area contributed by atoms with Crippen LogP contribution in [-0.4, -0.2) is 35.6 Å². The molecular weight excluding hydrogens is 174 g/mol. The van der Waals surface area contributed by atoms with Gasteiger partial charge in [0.25, 0.3) is 0 Å². The Hall–Kier alpha value is -0.800. The summed E-state index contributed by atoms with van der Waals surface area (Å²) in [5, 5.41) is 3.37. The molecule has 2 rings (SSSR count). The molecule has 0 amide bonds. The number of rotatable bonds is 2. The van der Waals surface area contributed by atoms with E-state index in [9.17, 15) is 0 Å². The molecule has 3 heteroatoms. The van der Waals surface area contributed by atoms with E-state index in [1.54, 1.807) is 0 Å². The summed E-state index contributed by atoms with van der Waals surface area (Å²) in [5.41, 5.74) is 2.86. The molecule has 0 unspecified atom stereocenters. The van der Waals surface area contributed by atoms with E-state index in [4.69, 9.17) is 0 Å². The van der Waals surface area contributed by atoms with Crippen LogP contribution < -0.4 is 5.32 Å². The van der Waals surface area contributed by atoms with Gasteiger partial charge >= 0.3 is 0 Å². The van der Waals surface area contributed by atoms with E-state index < -0.39 is 0 Å². The van der Waals surface area contributed by atoms with E-state index in [1.807, 2.05) is 0 Å². The minimum absolute atomic E-state index is 1.11. The molecule has 0 radical (unpaired) electrons. The minimum atomic E-state index is 1.11. The maximum absolute atomic E-state index is 3.37. The van der Waals surface area contributed by atoms with Gasteiger partial charge in [-0.25, -0.2) is 0 Å². The van der Waals surface area contributed by atoms with Crippen molar-refractivity contribution in [3.8, 4) is 0 Å². The Morgan fingerprint density at radius 1 is 1.36 bits per heavy atom. The minimum Gasteiger partial charge on any atom is -0.354 e. The molecule has 3 nitrogen and oxygen atoms in total. The Labute approximate surface area is 85.7 Å². The summed E-state index contributed by atoms with van der Waals surface area (Å²) >= 11 is 0. The van der Waals surface area contributed by atoms with E-state index in [-0.39, 0.29) is 0 Å². The summed E-state index contributed by atoms with van der Waals surface area (Å²) in [7, 11) is 2.11. The molecule has 78 valence electrons. The zero-order valence-corrected chi connectivity index (χ0v) is 9.08. The fraction of sp³-hybridized carbons (Fsp3) is 0.636. The lowest BCUT2D eigenvalue weighted by Crippen LogP contribution is -2.42. The smallest absolute Gasteiger partial charge is 0.0252 e. The predicted molar refractivity (Wildman–Crippen MR) is 58.3 cm³/mol. The molecule has 1 saturated heterocycles. The van der Waals surface area contributed by atoms with Gasteiger partial charge in [-0.2, -0.15) is 0 Å². The lowest BCUT2D eigenvalue weighted by atomic mass is 10.2. The topological polar surface area (TPSA) is 20.2 Å². The largest absolute Gasteiger partial charge is 0.354 e. The van der Waals surface area contributed by atoms with Crippen molar-refractivity contribution in [1.29, 1.82) is 0 Å². The van der Waals surface area contributed by atoms with Crippen LogP contribution in [0.2, 0.25) is 0 Å². The van der Waals surface area contributed by atoms with Crippen molar-refractivity contribution in [3.05, 3.63) is 23.5 Å². The van der Waals surface area contributed by atoms with Gasteiger partial charge in [-0.3, -0.25) is 4.90 Å². The molecule has 1 N–H and O–H groups in total. The summed E-state index contributed by atoms with van der Waals surface area (Å²) < 4.78 is 2.19. The maximum atomic E-state index is 3.37. The van der Waals surface area contributed by atoms with Crippen LogP contribution in [0.15, 0.2) is 12.3 Å². The van der Waals surface area contributed by atoms with Crippen LogP contribution in [0.1, 0.15) is 11.3 Å². The Balaban J connectivity index is 1.99. The number of piperazine rings is 1. The molecule has 1 aromatic heterocycles. The van der Waals surface area contributed by atoms with Crippen LogP contribution in [-0.2, 0) is 13.6 Å². The van der Waals surface area contributed by atoms with E-state index >= 15 is 0 Å². The second kappa shape index (κ2) is 4.15. The van der Waals surface area contributed by atoms with Crippen LogP contribution in [0.25, 0.3) is 0 Å². The first-order chi connectivity index (χ1) is 6.77. The first kappa shape index (κ1) is 9.74. The molecule has 0 bridgehead atoms. The van der Waals surface area contributed by atoms with Crippen LogP contribution in [0.5, 0.6) is 0 Å². The molecule has 0 aliphatic carbocycles. The Kier molecular flexibility index (Phi) is 2.89. The predicted octanol–water partition coefficient (Wildman–Crippen LogP) is 0.739. The van der Waals surface area contributed by atoms with Crippen molar-refractivity contribution in [1.82, 2.24) is 14.8 Å². The molecule has 1 aromatic rings. The second-order valence-electron chi connectivity index (χ2n) is 4.06.